The van der Waals surface area contributed by atoms with Gasteiger partial charge >= 0.3 is 5.97 Å². The molecular formula is C27H33N5O3S. The summed E-state index contributed by atoms with van der Waals surface area (Å²) >= 11 is 1.80. The Morgan fingerprint density at radius 1 is 1.25 bits per heavy atom. The molecule has 2 atom stereocenters. The monoisotopic (exact) mass is 507 g/mol. The van der Waals surface area contributed by atoms with Crippen LogP contribution in [0, 0.1) is 0 Å². The van der Waals surface area contributed by atoms with Crippen LogP contribution in [-0.2, 0) is 15.7 Å². The second-order valence-electron chi connectivity index (χ2n) is 9.98. The van der Waals surface area contributed by atoms with Crippen molar-refractivity contribution in [2.24, 2.45) is 5.73 Å². The number of esters is 1. The summed E-state index contributed by atoms with van der Waals surface area (Å²) in [6.45, 7) is 6.62. The van der Waals surface area contributed by atoms with E-state index >= 15 is 0 Å². The molecule has 1 saturated carbocycles. The fourth-order valence-corrected chi connectivity index (χ4v) is 5.23. The van der Waals surface area contributed by atoms with Crippen LogP contribution >= 0.6 is 11.8 Å². The van der Waals surface area contributed by atoms with Gasteiger partial charge in [0.2, 0.25) is 5.88 Å². The van der Waals surface area contributed by atoms with Crippen molar-refractivity contribution >= 4 is 40.1 Å². The highest BCUT2D eigenvalue weighted by molar-refractivity contribution is 7.98. The Morgan fingerprint density at radius 2 is 2.06 bits per heavy atom. The molecule has 3 aromatic heterocycles. The Bertz CT molecular complexity index is 1310. The Hall–Kier alpha value is -2.91. The number of nitrogens with zero attached hydrogens (tertiary/aromatic N) is 3. The second-order valence-corrected chi connectivity index (χ2v) is 11.0. The molecule has 3 N–H and O–H groups in total. The highest BCUT2D eigenvalue weighted by Gasteiger charge is 2.56. The molecule has 0 aromatic carbocycles. The van der Waals surface area contributed by atoms with Crippen LogP contribution in [0.5, 0.6) is 5.88 Å². The Morgan fingerprint density at radius 3 is 2.78 bits per heavy atom. The maximum absolute atomic E-state index is 12.4. The van der Waals surface area contributed by atoms with Gasteiger partial charge in [0.15, 0.2) is 0 Å². The van der Waals surface area contributed by atoms with Crippen LogP contribution in [0.2, 0.25) is 0 Å². The predicted molar refractivity (Wildman–Crippen MR) is 143 cm³/mol. The molecule has 2 aliphatic rings. The number of fused-ring (bicyclic) bond motifs is 3. The quantitative estimate of drug-likeness (QED) is 0.303. The third kappa shape index (κ3) is 4.39. The van der Waals surface area contributed by atoms with E-state index in [2.05, 4.69) is 28.5 Å². The van der Waals surface area contributed by atoms with Gasteiger partial charge in [-0.1, -0.05) is 6.92 Å². The number of cyclic esters (lactones) is 1. The summed E-state index contributed by atoms with van der Waals surface area (Å²) in [4.78, 5) is 26.5. The molecule has 5 rings (SSSR count). The van der Waals surface area contributed by atoms with E-state index in [-0.39, 0.29) is 17.5 Å². The predicted octanol–water partition coefficient (Wildman–Crippen LogP) is 5.07. The Labute approximate surface area is 215 Å². The van der Waals surface area contributed by atoms with E-state index in [0.29, 0.717) is 29.7 Å². The maximum atomic E-state index is 12.4. The van der Waals surface area contributed by atoms with Gasteiger partial charge in [0.25, 0.3) is 0 Å². The zero-order chi connectivity index (χ0) is 25.5. The van der Waals surface area contributed by atoms with Gasteiger partial charge in [-0.2, -0.15) is 11.8 Å². The molecule has 4 heterocycles. The van der Waals surface area contributed by atoms with Crippen LogP contribution in [0.4, 0.5) is 11.6 Å². The fourth-order valence-electron chi connectivity index (χ4n) is 4.82. The molecule has 0 bridgehead atoms. The number of carbonyl (C=O) groups excluding carboxylic acids is 1. The van der Waals surface area contributed by atoms with E-state index in [1.165, 1.54) is 0 Å². The van der Waals surface area contributed by atoms with Crippen molar-refractivity contribution in [3.8, 4) is 5.88 Å². The largest absolute Gasteiger partial charge is 0.477 e. The Balaban J connectivity index is 1.50. The highest BCUT2D eigenvalue weighted by atomic mass is 32.2. The van der Waals surface area contributed by atoms with Gasteiger partial charge in [-0.05, 0) is 80.7 Å². The van der Waals surface area contributed by atoms with Crippen LogP contribution in [0.25, 0.3) is 10.8 Å². The van der Waals surface area contributed by atoms with Gasteiger partial charge in [0.05, 0.1) is 28.7 Å². The first kappa shape index (κ1) is 24.8. The molecule has 190 valence electrons. The lowest BCUT2D eigenvalue weighted by Gasteiger charge is -2.30. The number of nitrogens with one attached hydrogen (secondary N) is 1. The molecule has 3 aromatic rings. The zero-order valence-corrected chi connectivity index (χ0v) is 22.1. The molecule has 0 radical (unpaired) electrons. The number of carbonyl (C=O) groups is 1. The van der Waals surface area contributed by atoms with E-state index in [9.17, 15) is 4.79 Å². The molecule has 1 spiro atoms. The van der Waals surface area contributed by atoms with Gasteiger partial charge in [-0.3, -0.25) is 0 Å². The minimum atomic E-state index is -0.555. The van der Waals surface area contributed by atoms with Crippen LogP contribution in [-0.4, -0.2) is 45.6 Å². The fraction of sp³-hybridized carbons (Fsp3) is 0.481. The third-order valence-electron chi connectivity index (χ3n) is 7.51. The summed E-state index contributed by atoms with van der Waals surface area (Å²) in [5.41, 5.74) is 8.25. The maximum Gasteiger partial charge on any atom is 0.340 e. The van der Waals surface area contributed by atoms with Crippen molar-refractivity contribution in [1.29, 1.82) is 0 Å². The average Bonchev–Trinajstić information content (AvgIpc) is 3.67. The van der Waals surface area contributed by atoms with Crippen molar-refractivity contribution in [3.05, 3.63) is 47.4 Å². The molecule has 9 heteroatoms. The summed E-state index contributed by atoms with van der Waals surface area (Å²) in [5.74, 6) is 2.57. The van der Waals surface area contributed by atoms with Crippen molar-refractivity contribution in [2.75, 3.05) is 23.9 Å². The summed E-state index contributed by atoms with van der Waals surface area (Å²) in [6, 6.07) is 5.57. The van der Waals surface area contributed by atoms with Crippen LogP contribution in [0.1, 0.15) is 68.1 Å². The van der Waals surface area contributed by atoms with Gasteiger partial charge in [0.1, 0.15) is 17.7 Å². The molecule has 8 nitrogen and oxygen atoms in total. The van der Waals surface area contributed by atoms with E-state index in [0.717, 1.165) is 53.5 Å². The van der Waals surface area contributed by atoms with E-state index in [1.54, 1.807) is 30.1 Å². The number of hydrogen-bond acceptors (Lipinski definition) is 9. The van der Waals surface area contributed by atoms with Gasteiger partial charge in [0, 0.05) is 17.9 Å². The standard InChI is InChI=1S/C27H33N5O3S/c1-5-26(3,28)20-15-30-24(34-11-6-12-36-4)19-14-29-22(13-18(19)20)31-21-8-7-17-23(32-21)27(9-10-27)16(2)35-25(17)33/h7-8,13-16H,5-6,9-12,28H2,1-4H3,(H,29,31,32)/t16?,26-/m1/s1. The van der Waals surface area contributed by atoms with E-state index < -0.39 is 5.54 Å². The number of ether oxygens (including phenoxy) is 2. The molecule has 0 amide bonds. The smallest absolute Gasteiger partial charge is 0.340 e. The molecule has 1 fully saturated rings. The van der Waals surface area contributed by atoms with Crippen molar-refractivity contribution in [1.82, 2.24) is 15.0 Å². The highest BCUT2D eigenvalue weighted by Crippen LogP contribution is 2.54. The lowest BCUT2D eigenvalue weighted by Crippen LogP contribution is -2.36. The summed E-state index contributed by atoms with van der Waals surface area (Å²) in [6.07, 6.45) is 9.17. The van der Waals surface area contributed by atoms with Gasteiger partial charge < -0.3 is 20.5 Å². The number of rotatable bonds is 9. The Kier molecular flexibility index (Phi) is 6.55. The van der Waals surface area contributed by atoms with Gasteiger partial charge in [-0.25, -0.2) is 19.7 Å². The SMILES string of the molecule is CC[C@@](C)(N)c1cnc(OCCCSC)c2cnc(Nc3ccc4c(n3)C3(CC3)C(C)OC4=O)cc12. The first-order valence-corrected chi connectivity index (χ1v) is 13.9. The lowest BCUT2D eigenvalue weighted by atomic mass is 9.88. The van der Waals surface area contributed by atoms with Crippen molar-refractivity contribution in [2.45, 2.75) is 63.5 Å². The van der Waals surface area contributed by atoms with E-state index in [4.69, 9.17) is 20.2 Å². The first-order chi connectivity index (χ1) is 17.3. The molecule has 0 saturated heterocycles. The number of aromatic nitrogens is 3. The van der Waals surface area contributed by atoms with E-state index in [1.807, 2.05) is 26.1 Å². The zero-order valence-electron chi connectivity index (χ0n) is 21.3. The molecule has 1 unspecified atom stereocenters. The van der Waals surface area contributed by atoms with Crippen LogP contribution < -0.4 is 15.8 Å². The van der Waals surface area contributed by atoms with Gasteiger partial charge in [-0.15, -0.1) is 0 Å². The topological polar surface area (TPSA) is 112 Å². The number of nitrogens with two attached hydrogens (primary N) is 1. The third-order valence-corrected chi connectivity index (χ3v) is 8.21. The molecule has 1 aliphatic carbocycles. The summed E-state index contributed by atoms with van der Waals surface area (Å²) in [5, 5.41) is 5.12. The van der Waals surface area contributed by atoms with Crippen LogP contribution in [0.15, 0.2) is 30.6 Å². The second kappa shape index (κ2) is 9.52. The number of pyridine rings is 3. The number of hydrogen-bond donors (Lipinski definition) is 2. The summed E-state index contributed by atoms with van der Waals surface area (Å²) in [7, 11) is 0. The number of anilines is 2. The van der Waals surface area contributed by atoms with Crippen LogP contribution in [0.3, 0.4) is 0 Å². The van der Waals surface area contributed by atoms with Crippen molar-refractivity contribution < 1.29 is 14.3 Å². The average molecular weight is 508 g/mol. The minimum absolute atomic E-state index is 0.165. The number of thioether (sulfide) groups is 1. The normalized spacial score (nSPS) is 19.5. The first-order valence-electron chi connectivity index (χ1n) is 12.5. The lowest BCUT2D eigenvalue weighted by molar-refractivity contribution is 0.0183. The molecular weight excluding hydrogens is 474 g/mol. The minimum Gasteiger partial charge on any atom is -0.477 e. The van der Waals surface area contributed by atoms with Crippen molar-refractivity contribution in [3.63, 3.8) is 0 Å². The molecule has 1 aliphatic heterocycles. The summed E-state index contributed by atoms with van der Waals surface area (Å²) < 4.78 is 11.6. The molecule has 36 heavy (non-hydrogen) atoms.